The van der Waals surface area contributed by atoms with E-state index < -0.39 is 12.1 Å². The zero-order valence-electron chi connectivity index (χ0n) is 8.34. The lowest BCUT2D eigenvalue weighted by Gasteiger charge is -2.14. The fourth-order valence-corrected chi connectivity index (χ4v) is 1.11. The lowest BCUT2D eigenvalue weighted by Crippen LogP contribution is -2.19. The third-order valence-electron chi connectivity index (χ3n) is 1.73. The second-order valence-corrected chi connectivity index (χ2v) is 2.77. The molecule has 0 unspecified atom stereocenters. The zero-order chi connectivity index (χ0) is 12.3. The summed E-state index contributed by atoms with van der Waals surface area (Å²) < 4.78 is 44.4. The monoisotopic (exact) mass is 237 g/mol. The predicted molar refractivity (Wildman–Crippen MR) is 49.8 cm³/mol. The number of aromatic nitrogens is 1. The van der Waals surface area contributed by atoms with E-state index in [0.717, 1.165) is 6.20 Å². The number of halogens is 3. The van der Waals surface area contributed by atoms with Gasteiger partial charge in [0, 0.05) is 6.54 Å². The molecular formula is C8H10F3N3O2. The van der Waals surface area contributed by atoms with Crippen LogP contribution in [0.2, 0.25) is 0 Å². The van der Waals surface area contributed by atoms with Crippen LogP contribution in [0.25, 0.3) is 0 Å². The van der Waals surface area contributed by atoms with Crippen molar-refractivity contribution in [3.63, 3.8) is 0 Å². The SMILES string of the molecule is COc1c(CN)ncc(OC(F)(F)F)c1N. The molecule has 1 aromatic rings. The summed E-state index contributed by atoms with van der Waals surface area (Å²) in [4.78, 5) is 3.66. The van der Waals surface area contributed by atoms with E-state index >= 15 is 0 Å². The van der Waals surface area contributed by atoms with Gasteiger partial charge >= 0.3 is 6.36 Å². The molecule has 0 spiro atoms. The van der Waals surface area contributed by atoms with Crippen LogP contribution in [-0.2, 0) is 6.54 Å². The highest BCUT2D eigenvalue weighted by molar-refractivity contribution is 5.63. The van der Waals surface area contributed by atoms with Crippen LogP contribution in [0.5, 0.6) is 11.5 Å². The van der Waals surface area contributed by atoms with Crippen LogP contribution in [-0.4, -0.2) is 18.5 Å². The van der Waals surface area contributed by atoms with Gasteiger partial charge in [0.25, 0.3) is 0 Å². The Morgan fingerprint density at radius 2 is 2.06 bits per heavy atom. The number of methoxy groups -OCH3 is 1. The molecule has 1 aromatic heterocycles. The third-order valence-corrected chi connectivity index (χ3v) is 1.73. The van der Waals surface area contributed by atoms with Crippen LogP contribution in [0.1, 0.15) is 5.69 Å². The molecule has 0 aliphatic carbocycles. The number of nitrogens with two attached hydrogens (primary N) is 2. The molecule has 90 valence electrons. The average molecular weight is 237 g/mol. The number of pyridine rings is 1. The van der Waals surface area contributed by atoms with Crippen LogP contribution in [0.15, 0.2) is 6.20 Å². The Kier molecular flexibility index (Phi) is 3.43. The van der Waals surface area contributed by atoms with Gasteiger partial charge < -0.3 is 20.9 Å². The molecular weight excluding hydrogens is 227 g/mol. The maximum atomic E-state index is 12.0. The van der Waals surface area contributed by atoms with E-state index in [-0.39, 0.29) is 23.7 Å². The van der Waals surface area contributed by atoms with Crippen molar-refractivity contribution in [1.82, 2.24) is 4.98 Å². The molecule has 0 radical (unpaired) electrons. The zero-order valence-corrected chi connectivity index (χ0v) is 8.34. The van der Waals surface area contributed by atoms with E-state index in [1.807, 2.05) is 0 Å². The van der Waals surface area contributed by atoms with Crippen molar-refractivity contribution in [2.24, 2.45) is 5.73 Å². The van der Waals surface area contributed by atoms with Crippen molar-refractivity contribution < 1.29 is 22.6 Å². The van der Waals surface area contributed by atoms with Crippen molar-refractivity contribution >= 4 is 5.69 Å². The highest BCUT2D eigenvalue weighted by atomic mass is 19.4. The van der Waals surface area contributed by atoms with Gasteiger partial charge in [-0.2, -0.15) is 0 Å². The Labute approximate surface area is 89.1 Å². The Morgan fingerprint density at radius 1 is 1.44 bits per heavy atom. The highest BCUT2D eigenvalue weighted by Crippen LogP contribution is 2.35. The second-order valence-electron chi connectivity index (χ2n) is 2.77. The summed E-state index contributed by atoms with van der Waals surface area (Å²) in [5.74, 6) is -0.620. The maximum absolute atomic E-state index is 12.0. The number of hydrogen-bond donors (Lipinski definition) is 2. The summed E-state index contributed by atoms with van der Waals surface area (Å²) in [5.41, 5.74) is 10.7. The molecule has 0 aliphatic heterocycles. The molecule has 0 aliphatic rings. The van der Waals surface area contributed by atoms with Crippen molar-refractivity contribution in [2.45, 2.75) is 12.9 Å². The Balaban J connectivity index is 3.14. The molecule has 0 atom stereocenters. The lowest BCUT2D eigenvalue weighted by atomic mass is 10.2. The van der Waals surface area contributed by atoms with E-state index in [1.54, 1.807) is 0 Å². The molecule has 8 heteroatoms. The molecule has 0 saturated heterocycles. The van der Waals surface area contributed by atoms with E-state index in [0.29, 0.717) is 0 Å². The number of rotatable bonds is 3. The molecule has 0 fully saturated rings. The van der Waals surface area contributed by atoms with Gasteiger partial charge in [0.15, 0.2) is 11.5 Å². The summed E-state index contributed by atoms with van der Waals surface area (Å²) in [5, 5.41) is 0. The van der Waals surface area contributed by atoms with Crippen molar-refractivity contribution in [2.75, 3.05) is 12.8 Å². The molecule has 16 heavy (non-hydrogen) atoms. The molecule has 1 heterocycles. The van der Waals surface area contributed by atoms with Crippen LogP contribution < -0.4 is 20.9 Å². The number of alkyl halides is 3. The van der Waals surface area contributed by atoms with E-state index in [2.05, 4.69) is 9.72 Å². The third kappa shape index (κ3) is 2.66. The predicted octanol–water partition coefficient (Wildman–Crippen LogP) is 1.03. The molecule has 0 saturated carbocycles. The molecule has 5 nitrogen and oxygen atoms in total. The number of anilines is 1. The standard InChI is InChI=1S/C8H10F3N3O2/c1-15-7-4(2-12)14-3-5(6(7)13)16-8(9,10)11/h3H,2,12H2,1H3,(H2,13,14). The van der Waals surface area contributed by atoms with Crippen LogP contribution in [0.4, 0.5) is 18.9 Å². The number of hydrogen-bond acceptors (Lipinski definition) is 5. The first-order valence-corrected chi connectivity index (χ1v) is 4.16. The van der Waals surface area contributed by atoms with Crippen molar-refractivity contribution in [3.05, 3.63) is 11.9 Å². The first kappa shape index (κ1) is 12.4. The van der Waals surface area contributed by atoms with Gasteiger partial charge in [-0.15, -0.1) is 13.2 Å². The van der Waals surface area contributed by atoms with E-state index in [4.69, 9.17) is 16.2 Å². The van der Waals surface area contributed by atoms with Gasteiger partial charge in [-0.3, -0.25) is 4.98 Å². The van der Waals surface area contributed by atoms with Crippen molar-refractivity contribution in [3.8, 4) is 11.5 Å². The van der Waals surface area contributed by atoms with Gasteiger partial charge in [0.05, 0.1) is 19.0 Å². The summed E-state index contributed by atoms with van der Waals surface area (Å²) in [7, 11) is 1.25. The lowest BCUT2D eigenvalue weighted by molar-refractivity contribution is -0.274. The molecule has 0 aromatic carbocycles. The van der Waals surface area contributed by atoms with Crippen LogP contribution >= 0.6 is 0 Å². The number of nitrogens with zero attached hydrogens (tertiary/aromatic N) is 1. The topological polar surface area (TPSA) is 83.4 Å². The average Bonchev–Trinajstić information content (AvgIpc) is 2.19. The Bertz CT molecular complexity index is 382. The molecule has 1 rings (SSSR count). The van der Waals surface area contributed by atoms with Gasteiger partial charge in [-0.25, -0.2) is 0 Å². The number of ether oxygens (including phenoxy) is 2. The van der Waals surface area contributed by atoms with Gasteiger partial charge in [0.1, 0.15) is 5.69 Å². The first-order chi connectivity index (χ1) is 7.39. The van der Waals surface area contributed by atoms with E-state index in [1.165, 1.54) is 7.11 Å². The fourth-order valence-electron chi connectivity index (χ4n) is 1.11. The largest absolute Gasteiger partial charge is 0.573 e. The molecule has 0 amide bonds. The van der Waals surface area contributed by atoms with E-state index in [9.17, 15) is 13.2 Å². The summed E-state index contributed by atoms with van der Waals surface area (Å²) in [6, 6.07) is 0. The minimum Gasteiger partial charge on any atom is -0.492 e. The van der Waals surface area contributed by atoms with Gasteiger partial charge in [-0.1, -0.05) is 0 Å². The summed E-state index contributed by atoms with van der Waals surface area (Å²) >= 11 is 0. The minimum atomic E-state index is -4.83. The Hall–Kier alpha value is -1.70. The van der Waals surface area contributed by atoms with Gasteiger partial charge in [0.2, 0.25) is 0 Å². The smallest absolute Gasteiger partial charge is 0.492 e. The van der Waals surface area contributed by atoms with Crippen LogP contribution in [0.3, 0.4) is 0 Å². The Morgan fingerprint density at radius 3 is 2.50 bits per heavy atom. The van der Waals surface area contributed by atoms with Crippen LogP contribution in [0, 0.1) is 0 Å². The highest BCUT2D eigenvalue weighted by Gasteiger charge is 2.33. The quantitative estimate of drug-likeness (QED) is 0.820. The normalized spacial score (nSPS) is 11.3. The van der Waals surface area contributed by atoms with Crippen molar-refractivity contribution in [1.29, 1.82) is 0 Å². The summed E-state index contributed by atoms with van der Waals surface area (Å²) in [6.45, 7) is -0.000326. The molecule has 4 N–H and O–H groups in total. The number of nitrogen functional groups attached to an aromatic ring is 1. The first-order valence-electron chi connectivity index (χ1n) is 4.16. The van der Waals surface area contributed by atoms with Gasteiger partial charge in [-0.05, 0) is 0 Å². The summed E-state index contributed by atoms with van der Waals surface area (Å²) in [6.07, 6.45) is -3.97. The minimum absolute atomic E-state index is 0.000326. The second kappa shape index (κ2) is 4.44. The maximum Gasteiger partial charge on any atom is 0.573 e. The fraction of sp³-hybridized carbons (Fsp3) is 0.375. The molecule has 0 bridgehead atoms.